The number of aliphatic carboxylic acids is 1. The molecule has 0 aromatic heterocycles. The number of carbonyl (C=O) groups excluding carboxylic acids is 1. The first-order valence-electron chi connectivity index (χ1n) is 13.1. The summed E-state index contributed by atoms with van der Waals surface area (Å²) in [5, 5.41) is 9.40. The fourth-order valence-corrected chi connectivity index (χ4v) is 5.37. The van der Waals surface area contributed by atoms with Crippen LogP contribution < -0.4 is 0 Å². The van der Waals surface area contributed by atoms with E-state index in [4.69, 9.17) is 0 Å². The van der Waals surface area contributed by atoms with E-state index in [0.717, 1.165) is 38.9 Å². The molecule has 0 amide bonds. The molecule has 3 aromatic rings. The zero-order valence-electron chi connectivity index (χ0n) is 21.4. The minimum atomic E-state index is -0.965. The van der Waals surface area contributed by atoms with Gasteiger partial charge in [-0.15, -0.1) is 0 Å². The summed E-state index contributed by atoms with van der Waals surface area (Å²) in [5.74, 6) is 0.286. The lowest BCUT2D eigenvalue weighted by molar-refractivity contribution is -0.142. The van der Waals surface area contributed by atoms with Crippen LogP contribution in [0.2, 0.25) is 0 Å². The van der Waals surface area contributed by atoms with Crippen LogP contribution in [0.25, 0.3) is 0 Å². The van der Waals surface area contributed by atoms with E-state index in [1.807, 2.05) is 0 Å². The Bertz CT molecular complexity index is 1090. The second kappa shape index (κ2) is 11.7. The van der Waals surface area contributed by atoms with Crippen molar-refractivity contribution in [3.8, 4) is 0 Å². The number of carboxylic acids is 1. The Kier molecular flexibility index (Phi) is 8.37. The van der Waals surface area contributed by atoms with Crippen molar-refractivity contribution in [2.24, 2.45) is 5.92 Å². The molecule has 3 aromatic carbocycles. The summed E-state index contributed by atoms with van der Waals surface area (Å²) in [7, 11) is 0. The van der Waals surface area contributed by atoms with Crippen molar-refractivity contribution in [2.45, 2.75) is 50.9 Å². The number of Topliss-reactive ketones (excluding diaryl/α,β-unsaturated/α-hetero) is 1. The molecular formula is C32H37NO3. The normalized spacial score (nSPS) is 15.2. The van der Waals surface area contributed by atoms with Crippen LogP contribution in [0.5, 0.6) is 0 Å². The number of carboxylic acid groups (broad SMARTS) is 1. The fraction of sp³-hybridized carbons (Fsp3) is 0.375. The zero-order chi connectivity index (χ0) is 25.5. The van der Waals surface area contributed by atoms with E-state index in [1.165, 1.54) is 11.1 Å². The van der Waals surface area contributed by atoms with Crippen molar-refractivity contribution in [1.29, 1.82) is 0 Å². The quantitative estimate of drug-likeness (QED) is 0.332. The number of hydrogen-bond donors (Lipinski definition) is 1. The summed E-state index contributed by atoms with van der Waals surface area (Å²) in [4.78, 5) is 26.7. The van der Waals surface area contributed by atoms with Crippen molar-refractivity contribution in [3.63, 3.8) is 0 Å². The van der Waals surface area contributed by atoms with Crippen LogP contribution in [-0.4, -0.2) is 41.4 Å². The summed E-state index contributed by atoms with van der Waals surface area (Å²) < 4.78 is 0. The predicted molar refractivity (Wildman–Crippen MR) is 145 cm³/mol. The highest BCUT2D eigenvalue weighted by Crippen LogP contribution is 2.38. The molecule has 1 fully saturated rings. The second-order valence-electron chi connectivity index (χ2n) is 10.5. The minimum absolute atomic E-state index is 0.123. The molecule has 0 unspecified atom stereocenters. The van der Waals surface area contributed by atoms with Crippen molar-refractivity contribution in [2.75, 3.05) is 19.6 Å². The van der Waals surface area contributed by atoms with Gasteiger partial charge >= 0.3 is 5.97 Å². The van der Waals surface area contributed by atoms with Crippen molar-refractivity contribution < 1.29 is 14.7 Å². The molecule has 0 aliphatic carbocycles. The Morgan fingerprint density at radius 1 is 0.861 bits per heavy atom. The Morgan fingerprint density at radius 3 is 1.89 bits per heavy atom. The van der Waals surface area contributed by atoms with Gasteiger partial charge in [0.05, 0.1) is 5.41 Å². The van der Waals surface area contributed by atoms with Gasteiger partial charge in [-0.25, -0.2) is 0 Å². The maximum Gasteiger partial charge on any atom is 0.313 e. The van der Waals surface area contributed by atoms with Crippen molar-refractivity contribution in [1.82, 2.24) is 4.90 Å². The van der Waals surface area contributed by atoms with E-state index < -0.39 is 11.4 Å². The molecular weight excluding hydrogens is 446 g/mol. The number of nitrogens with zero attached hydrogens (tertiary/aromatic N) is 1. The van der Waals surface area contributed by atoms with E-state index in [2.05, 4.69) is 65.6 Å². The molecule has 0 radical (unpaired) electrons. The van der Waals surface area contributed by atoms with Crippen LogP contribution in [0.4, 0.5) is 0 Å². The van der Waals surface area contributed by atoms with Crippen LogP contribution >= 0.6 is 0 Å². The van der Waals surface area contributed by atoms with Gasteiger partial charge < -0.3 is 10.0 Å². The third-order valence-electron chi connectivity index (χ3n) is 7.76. The Morgan fingerprint density at radius 2 is 1.39 bits per heavy atom. The third kappa shape index (κ3) is 6.11. The molecule has 36 heavy (non-hydrogen) atoms. The van der Waals surface area contributed by atoms with E-state index in [0.29, 0.717) is 29.4 Å². The number of ketones is 1. The minimum Gasteiger partial charge on any atom is -0.481 e. The number of likely N-dealkylation sites (tertiary alicyclic amines) is 1. The second-order valence-corrected chi connectivity index (χ2v) is 10.5. The lowest BCUT2D eigenvalue weighted by Gasteiger charge is -2.36. The summed E-state index contributed by atoms with van der Waals surface area (Å²) in [5.41, 5.74) is 3.19. The third-order valence-corrected chi connectivity index (χ3v) is 7.76. The highest BCUT2D eigenvalue weighted by atomic mass is 16.4. The summed E-state index contributed by atoms with van der Waals surface area (Å²) in [6, 6.07) is 28.8. The van der Waals surface area contributed by atoms with Gasteiger partial charge in [-0.3, -0.25) is 9.59 Å². The lowest BCUT2D eigenvalue weighted by Crippen LogP contribution is -2.36. The Balaban J connectivity index is 1.28. The average molecular weight is 484 g/mol. The molecule has 1 aliphatic rings. The Hall–Kier alpha value is -3.24. The van der Waals surface area contributed by atoms with Gasteiger partial charge in [0.2, 0.25) is 0 Å². The average Bonchev–Trinajstić information content (AvgIpc) is 2.91. The first kappa shape index (κ1) is 25.8. The van der Waals surface area contributed by atoms with Gasteiger partial charge in [0.25, 0.3) is 0 Å². The van der Waals surface area contributed by atoms with Crippen molar-refractivity contribution >= 4 is 11.8 Å². The predicted octanol–water partition coefficient (Wildman–Crippen LogP) is 6.56. The monoisotopic (exact) mass is 483 g/mol. The van der Waals surface area contributed by atoms with Gasteiger partial charge in [0.1, 0.15) is 0 Å². The van der Waals surface area contributed by atoms with Crippen LogP contribution in [-0.2, 0) is 10.2 Å². The molecule has 0 atom stereocenters. The largest absolute Gasteiger partial charge is 0.481 e. The van der Waals surface area contributed by atoms with Crippen LogP contribution in [0, 0.1) is 5.92 Å². The number of benzene rings is 3. The van der Waals surface area contributed by atoms with Crippen LogP contribution in [0.1, 0.15) is 72.5 Å². The molecule has 188 valence electrons. The molecule has 4 nitrogen and oxygen atoms in total. The number of rotatable bonds is 10. The van der Waals surface area contributed by atoms with Gasteiger partial charge in [0, 0.05) is 17.9 Å². The van der Waals surface area contributed by atoms with Gasteiger partial charge in [0.15, 0.2) is 5.78 Å². The van der Waals surface area contributed by atoms with Crippen molar-refractivity contribution in [3.05, 3.63) is 107 Å². The molecule has 1 heterocycles. The van der Waals surface area contributed by atoms with Crippen LogP contribution in [0.15, 0.2) is 84.9 Å². The van der Waals surface area contributed by atoms with E-state index in [1.54, 1.807) is 38.1 Å². The highest BCUT2D eigenvalue weighted by molar-refractivity contribution is 5.96. The summed E-state index contributed by atoms with van der Waals surface area (Å²) >= 11 is 0. The topological polar surface area (TPSA) is 57.6 Å². The highest BCUT2D eigenvalue weighted by Gasteiger charge is 2.30. The zero-order valence-corrected chi connectivity index (χ0v) is 21.4. The number of piperidine rings is 1. The molecule has 0 bridgehead atoms. The van der Waals surface area contributed by atoms with Gasteiger partial charge in [-0.2, -0.15) is 0 Å². The van der Waals surface area contributed by atoms with Gasteiger partial charge in [-0.1, -0.05) is 84.9 Å². The first-order valence-corrected chi connectivity index (χ1v) is 13.1. The lowest BCUT2D eigenvalue weighted by atomic mass is 9.76. The molecule has 4 rings (SSSR count). The maximum absolute atomic E-state index is 12.7. The van der Waals surface area contributed by atoms with E-state index >= 15 is 0 Å². The molecule has 1 N–H and O–H groups in total. The van der Waals surface area contributed by atoms with Crippen LogP contribution in [0.3, 0.4) is 0 Å². The number of hydrogen-bond acceptors (Lipinski definition) is 3. The smallest absolute Gasteiger partial charge is 0.313 e. The Labute approximate surface area is 215 Å². The SMILES string of the molecule is CC(C)(C(=O)O)c1ccc(C(=O)CCCN2CCC(C(c3ccccc3)c3ccccc3)CC2)cc1. The fourth-order valence-electron chi connectivity index (χ4n) is 5.37. The standard InChI is InChI=1S/C32H37NO3/c1-32(2,31(35)36)28-17-15-24(16-18-28)29(34)14-9-21-33-22-19-27(20-23-33)30(25-10-5-3-6-11-25)26-12-7-4-8-13-26/h3-8,10-13,15-18,27,30H,9,14,19-23H2,1-2H3,(H,35,36). The first-order chi connectivity index (χ1) is 17.4. The molecule has 0 spiro atoms. The maximum atomic E-state index is 12.7. The van der Waals surface area contributed by atoms with E-state index in [9.17, 15) is 14.7 Å². The summed E-state index contributed by atoms with van der Waals surface area (Å²) in [6.07, 6.45) is 3.66. The molecule has 1 saturated heterocycles. The number of carbonyl (C=O) groups is 2. The molecule has 4 heteroatoms. The van der Waals surface area contributed by atoms with Gasteiger partial charge in [-0.05, 0) is 75.4 Å². The molecule has 0 saturated carbocycles. The molecule has 1 aliphatic heterocycles. The summed E-state index contributed by atoms with van der Waals surface area (Å²) in [6.45, 7) is 6.42. The van der Waals surface area contributed by atoms with E-state index in [-0.39, 0.29) is 5.78 Å².